The van der Waals surface area contributed by atoms with Crippen molar-refractivity contribution in [1.29, 1.82) is 0 Å². The molecule has 0 aliphatic carbocycles. The number of nitrogens with zero attached hydrogens (tertiary/aromatic N) is 2. The lowest BCUT2D eigenvalue weighted by Crippen LogP contribution is -2.52. The fourth-order valence-electron chi connectivity index (χ4n) is 3.88. The number of carbonyl (C=O) groups excluding carboxylic acids is 3. The topological polar surface area (TPSA) is 69.7 Å². The second-order valence-electron chi connectivity index (χ2n) is 7.06. The van der Waals surface area contributed by atoms with E-state index in [0.29, 0.717) is 17.7 Å². The molecule has 0 radical (unpaired) electrons. The Hall–Kier alpha value is -2.89. The number of amides is 3. The number of rotatable bonds is 2. The second-order valence-corrected chi connectivity index (χ2v) is 7.06. The van der Waals surface area contributed by atoms with Crippen molar-refractivity contribution < 1.29 is 14.4 Å². The zero-order valence-corrected chi connectivity index (χ0v) is 14.6. The van der Waals surface area contributed by atoms with E-state index in [1.807, 2.05) is 18.2 Å². The van der Waals surface area contributed by atoms with Gasteiger partial charge in [-0.25, -0.2) is 0 Å². The Morgan fingerprint density at radius 1 is 1.00 bits per heavy atom. The SMILES string of the molecule is C=C1CCN(c2ccc3c(c2)C(=O)N(C2CCC(=O)NC2=O)C3=C)CC1. The van der Waals surface area contributed by atoms with Gasteiger partial charge in [0.25, 0.3) is 5.91 Å². The summed E-state index contributed by atoms with van der Waals surface area (Å²) in [6, 6.07) is 5.12. The molecule has 3 aliphatic rings. The summed E-state index contributed by atoms with van der Waals surface area (Å²) >= 11 is 0. The quantitative estimate of drug-likeness (QED) is 0.654. The van der Waals surface area contributed by atoms with Crippen molar-refractivity contribution in [2.75, 3.05) is 18.0 Å². The molecule has 2 saturated heterocycles. The van der Waals surface area contributed by atoms with Gasteiger partial charge in [0.15, 0.2) is 0 Å². The molecule has 0 aromatic heterocycles. The molecule has 1 atom stereocenters. The first kappa shape index (κ1) is 16.6. The van der Waals surface area contributed by atoms with Gasteiger partial charge in [0, 0.05) is 36.5 Å². The lowest BCUT2D eigenvalue weighted by molar-refractivity contribution is -0.136. The smallest absolute Gasteiger partial charge is 0.259 e. The molecular weight excluding hydrogens is 330 g/mol. The van der Waals surface area contributed by atoms with E-state index in [2.05, 4.69) is 23.4 Å². The van der Waals surface area contributed by atoms with Gasteiger partial charge in [0.05, 0.1) is 5.56 Å². The molecule has 2 fully saturated rings. The maximum atomic E-state index is 13.0. The number of nitrogens with one attached hydrogen (secondary N) is 1. The van der Waals surface area contributed by atoms with Gasteiger partial charge < -0.3 is 4.90 Å². The summed E-state index contributed by atoms with van der Waals surface area (Å²) in [6.45, 7) is 9.84. The van der Waals surface area contributed by atoms with Gasteiger partial charge in [0.1, 0.15) is 6.04 Å². The van der Waals surface area contributed by atoms with Gasteiger partial charge in [-0.1, -0.05) is 24.8 Å². The van der Waals surface area contributed by atoms with Crippen LogP contribution >= 0.6 is 0 Å². The van der Waals surface area contributed by atoms with Crippen molar-refractivity contribution in [3.63, 3.8) is 0 Å². The van der Waals surface area contributed by atoms with E-state index in [1.54, 1.807) is 0 Å². The van der Waals surface area contributed by atoms with E-state index in [1.165, 1.54) is 10.5 Å². The summed E-state index contributed by atoms with van der Waals surface area (Å²) in [6.07, 6.45) is 2.47. The zero-order chi connectivity index (χ0) is 18.4. The zero-order valence-electron chi connectivity index (χ0n) is 14.6. The van der Waals surface area contributed by atoms with Crippen LogP contribution in [0.3, 0.4) is 0 Å². The van der Waals surface area contributed by atoms with Crippen LogP contribution in [0.5, 0.6) is 0 Å². The minimum absolute atomic E-state index is 0.220. The van der Waals surface area contributed by atoms with Crippen LogP contribution in [0.15, 0.2) is 36.9 Å². The molecule has 134 valence electrons. The first-order valence-electron chi connectivity index (χ1n) is 8.88. The molecule has 3 aliphatic heterocycles. The predicted octanol–water partition coefficient (Wildman–Crippen LogP) is 2.07. The molecule has 0 bridgehead atoms. The molecule has 3 amide bonds. The first-order valence-corrected chi connectivity index (χ1v) is 8.88. The van der Waals surface area contributed by atoms with Crippen LogP contribution in [0.4, 0.5) is 5.69 Å². The Labute approximate surface area is 152 Å². The highest BCUT2D eigenvalue weighted by atomic mass is 16.2. The number of carbonyl (C=O) groups is 3. The summed E-state index contributed by atoms with van der Waals surface area (Å²) in [5.41, 5.74) is 4.11. The van der Waals surface area contributed by atoms with Crippen molar-refractivity contribution in [2.45, 2.75) is 31.7 Å². The lowest BCUT2D eigenvalue weighted by atomic mass is 10.0. The minimum atomic E-state index is -0.679. The van der Waals surface area contributed by atoms with Crippen molar-refractivity contribution in [2.24, 2.45) is 0 Å². The summed E-state index contributed by atoms with van der Waals surface area (Å²) < 4.78 is 0. The van der Waals surface area contributed by atoms with Crippen molar-refractivity contribution in [3.05, 3.63) is 48.1 Å². The maximum absolute atomic E-state index is 13.0. The van der Waals surface area contributed by atoms with Gasteiger partial charge >= 0.3 is 0 Å². The summed E-state index contributed by atoms with van der Waals surface area (Å²) in [5, 5.41) is 2.31. The van der Waals surface area contributed by atoms with Crippen LogP contribution in [0.1, 0.15) is 41.6 Å². The number of hydrogen-bond donors (Lipinski definition) is 1. The highest BCUT2D eigenvalue weighted by Gasteiger charge is 2.41. The fourth-order valence-corrected chi connectivity index (χ4v) is 3.88. The van der Waals surface area contributed by atoms with E-state index in [9.17, 15) is 14.4 Å². The maximum Gasteiger partial charge on any atom is 0.259 e. The Bertz CT molecular complexity index is 848. The molecule has 1 aromatic carbocycles. The summed E-state index contributed by atoms with van der Waals surface area (Å²) in [7, 11) is 0. The van der Waals surface area contributed by atoms with Gasteiger partial charge in [-0.3, -0.25) is 24.6 Å². The molecule has 1 N–H and O–H groups in total. The van der Waals surface area contributed by atoms with Crippen LogP contribution in [-0.2, 0) is 9.59 Å². The van der Waals surface area contributed by atoms with E-state index in [0.717, 1.165) is 37.2 Å². The third kappa shape index (κ3) is 2.62. The summed E-state index contributed by atoms with van der Waals surface area (Å²) in [5.74, 6) is -0.948. The molecule has 6 heteroatoms. The third-order valence-corrected chi connectivity index (χ3v) is 5.41. The van der Waals surface area contributed by atoms with E-state index in [-0.39, 0.29) is 18.2 Å². The van der Waals surface area contributed by atoms with Crippen molar-refractivity contribution in [3.8, 4) is 0 Å². The number of piperidine rings is 2. The Balaban J connectivity index is 1.61. The first-order chi connectivity index (χ1) is 12.5. The number of benzene rings is 1. The largest absolute Gasteiger partial charge is 0.371 e. The molecule has 26 heavy (non-hydrogen) atoms. The minimum Gasteiger partial charge on any atom is -0.371 e. The van der Waals surface area contributed by atoms with Gasteiger partial charge in [-0.15, -0.1) is 0 Å². The van der Waals surface area contributed by atoms with Crippen molar-refractivity contribution in [1.82, 2.24) is 10.2 Å². The predicted molar refractivity (Wildman–Crippen MR) is 98.4 cm³/mol. The highest BCUT2D eigenvalue weighted by Crippen LogP contribution is 2.37. The average molecular weight is 351 g/mol. The summed E-state index contributed by atoms with van der Waals surface area (Å²) in [4.78, 5) is 40.3. The molecule has 1 aromatic rings. The second kappa shape index (κ2) is 6.12. The molecule has 1 unspecified atom stereocenters. The van der Waals surface area contributed by atoms with Crippen LogP contribution in [-0.4, -0.2) is 41.8 Å². The Morgan fingerprint density at radius 2 is 1.73 bits per heavy atom. The standard InChI is InChI=1S/C20H21N3O3/c1-12-7-9-22(10-8-12)14-3-4-15-13(2)23(20(26)16(15)11-14)17-5-6-18(24)21-19(17)25/h3-4,11,17H,1-2,5-10H2,(H,21,24,25). The van der Waals surface area contributed by atoms with Gasteiger partial charge in [-0.05, 0) is 31.4 Å². The molecule has 4 rings (SSSR count). The van der Waals surface area contributed by atoms with Gasteiger partial charge in [-0.2, -0.15) is 0 Å². The monoisotopic (exact) mass is 351 g/mol. The number of fused-ring (bicyclic) bond motifs is 1. The van der Waals surface area contributed by atoms with E-state index in [4.69, 9.17) is 0 Å². The lowest BCUT2D eigenvalue weighted by Gasteiger charge is -2.30. The van der Waals surface area contributed by atoms with E-state index >= 15 is 0 Å². The van der Waals surface area contributed by atoms with Crippen molar-refractivity contribution >= 4 is 29.1 Å². The normalized spacial score (nSPS) is 23.4. The molecule has 0 saturated carbocycles. The van der Waals surface area contributed by atoms with Crippen LogP contribution < -0.4 is 10.2 Å². The third-order valence-electron chi connectivity index (χ3n) is 5.41. The van der Waals surface area contributed by atoms with Crippen LogP contribution in [0.25, 0.3) is 5.70 Å². The highest BCUT2D eigenvalue weighted by molar-refractivity contribution is 6.13. The average Bonchev–Trinajstić information content (AvgIpc) is 2.87. The van der Waals surface area contributed by atoms with Gasteiger partial charge in [0.2, 0.25) is 11.8 Å². The number of anilines is 1. The number of hydrogen-bond acceptors (Lipinski definition) is 4. The van der Waals surface area contributed by atoms with E-state index < -0.39 is 11.9 Å². The molecule has 6 nitrogen and oxygen atoms in total. The fraction of sp³-hybridized carbons (Fsp3) is 0.350. The molecule has 3 heterocycles. The Morgan fingerprint density at radius 3 is 2.42 bits per heavy atom. The van der Waals surface area contributed by atoms with Crippen LogP contribution in [0, 0.1) is 0 Å². The molecular formula is C20H21N3O3. The molecule has 0 spiro atoms. The number of imide groups is 1. The Kier molecular flexibility index (Phi) is 3.90. The van der Waals surface area contributed by atoms with Crippen LogP contribution in [0.2, 0.25) is 0 Å².